The largest absolute Gasteiger partial charge is 0.303 e. The van der Waals surface area contributed by atoms with Gasteiger partial charge in [-0.1, -0.05) is 56.7 Å². The van der Waals surface area contributed by atoms with E-state index >= 15 is 0 Å². The molecule has 0 saturated heterocycles. The van der Waals surface area contributed by atoms with Crippen LogP contribution >= 0.6 is 0 Å². The fraction of sp³-hybridized carbons (Fsp3) is 0.529. The topological polar surface area (TPSA) is 12.0 Å². The predicted molar refractivity (Wildman–Crippen MR) is 77.3 cm³/mol. The Balaban J connectivity index is 1.80. The van der Waals surface area contributed by atoms with Crippen LogP contribution in [-0.4, -0.2) is 12.6 Å². The Bertz CT molecular complexity index is 412. The van der Waals surface area contributed by atoms with E-state index in [1.807, 2.05) is 18.2 Å². The summed E-state index contributed by atoms with van der Waals surface area (Å²) in [6.45, 7) is 5.54. The average molecular weight is 241 g/mol. The zero-order valence-corrected chi connectivity index (χ0v) is 11.4. The fourth-order valence-corrected chi connectivity index (χ4v) is 2.72. The summed E-state index contributed by atoms with van der Waals surface area (Å²) in [4.78, 5) is 0. The van der Waals surface area contributed by atoms with E-state index in [9.17, 15) is 0 Å². The molecule has 0 bridgehead atoms. The average Bonchev–Trinajstić information content (AvgIpc) is 2.40. The van der Waals surface area contributed by atoms with E-state index in [4.69, 9.17) is 0 Å². The molecule has 1 heteroatoms. The molecule has 1 saturated carbocycles. The van der Waals surface area contributed by atoms with Crippen LogP contribution in [0.25, 0.3) is 0 Å². The van der Waals surface area contributed by atoms with E-state index < -0.39 is 0 Å². The van der Waals surface area contributed by atoms with Crippen LogP contribution in [0.15, 0.2) is 30.3 Å². The van der Waals surface area contributed by atoms with Crippen LogP contribution in [0.4, 0.5) is 0 Å². The maximum absolute atomic E-state index is 3.60. The molecule has 0 aromatic heterocycles. The zero-order valence-electron chi connectivity index (χ0n) is 11.4. The Kier molecular flexibility index (Phi) is 4.84. The first-order chi connectivity index (χ1) is 8.77. The maximum Gasteiger partial charge on any atom is 0.0582 e. The summed E-state index contributed by atoms with van der Waals surface area (Å²) in [5.41, 5.74) is 1.10. The summed E-state index contributed by atoms with van der Waals surface area (Å²) < 4.78 is 0. The second kappa shape index (κ2) is 6.61. The van der Waals surface area contributed by atoms with Gasteiger partial charge in [0.25, 0.3) is 0 Å². The Morgan fingerprint density at radius 2 is 1.94 bits per heavy atom. The van der Waals surface area contributed by atoms with Crippen molar-refractivity contribution in [3.05, 3.63) is 35.9 Å². The molecule has 1 aliphatic carbocycles. The molecule has 1 aromatic rings. The molecule has 3 unspecified atom stereocenters. The molecule has 96 valence electrons. The van der Waals surface area contributed by atoms with Crippen molar-refractivity contribution in [3.63, 3.8) is 0 Å². The van der Waals surface area contributed by atoms with Crippen molar-refractivity contribution >= 4 is 0 Å². The second-order valence-electron chi connectivity index (χ2n) is 5.42. The van der Waals surface area contributed by atoms with Crippen LogP contribution in [0.1, 0.15) is 38.7 Å². The summed E-state index contributed by atoms with van der Waals surface area (Å²) in [6, 6.07) is 10.8. The minimum Gasteiger partial charge on any atom is -0.303 e. The quantitative estimate of drug-likeness (QED) is 0.782. The molecule has 2 rings (SSSR count). The molecule has 1 aromatic carbocycles. The van der Waals surface area contributed by atoms with Gasteiger partial charge >= 0.3 is 0 Å². The molecule has 0 aliphatic heterocycles. The van der Waals surface area contributed by atoms with E-state index in [1.54, 1.807) is 0 Å². The second-order valence-corrected chi connectivity index (χ2v) is 5.42. The Labute approximate surface area is 111 Å². The van der Waals surface area contributed by atoms with Gasteiger partial charge < -0.3 is 5.32 Å². The highest BCUT2D eigenvalue weighted by molar-refractivity contribution is 5.33. The Morgan fingerprint density at radius 1 is 1.17 bits per heavy atom. The predicted octanol–water partition coefficient (Wildman–Crippen LogP) is 3.45. The van der Waals surface area contributed by atoms with Crippen molar-refractivity contribution in [2.75, 3.05) is 6.54 Å². The van der Waals surface area contributed by atoms with Gasteiger partial charge in [0.1, 0.15) is 0 Å². The minimum absolute atomic E-state index is 0.652. The molecule has 3 atom stereocenters. The van der Waals surface area contributed by atoms with Crippen molar-refractivity contribution in [1.29, 1.82) is 0 Å². The normalized spacial score (nSPS) is 27.3. The van der Waals surface area contributed by atoms with Gasteiger partial charge in [0.2, 0.25) is 0 Å². The molecule has 1 aliphatic rings. The fourth-order valence-electron chi connectivity index (χ4n) is 2.72. The lowest BCUT2D eigenvalue weighted by atomic mass is 9.78. The van der Waals surface area contributed by atoms with Gasteiger partial charge in [0, 0.05) is 11.6 Å². The van der Waals surface area contributed by atoms with E-state index in [0.29, 0.717) is 6.04 Å². The van der Waals surface area contributed by atoms with E-state index in [1.165, 1.54) is 19.3 Å². The molecular formula is C17H23N. The first-order valence-electron chi connectivity index (χ1n) is 7.04. The van der Waals surface area contributed by atoms with E-state index in [2.05, 4.69) is 43.1 Å². The first kappa shape index (κ1) is 13.2. The van der Waals surface area contributed by atoms with Gasteiger partial charge in [0.15, 0.2) is 0 Å². The Morgan fingerprint density at radius 3 is 2.72 bits per heavy atom. The van der Waals surface area contributed by atoms with Crippen molar-refractivity contribution in [3.8, 4) is 11.8 Å². The maximum atomic E-state index is 3.60. The van der Waals surface area contributed by atoms with E-state index in [0.717, 1.165) is 23.9 Å². The van der Waals surface area contributed by atoms with Crippen LogP contribution in [0.2, 0.25) is 0 Å². The number of hydrogen-bond acceptors (Lipinski definition) is 1. The van der Waals surface area contributed by atoms with Gasteiger partial charge in [-0.05, 0) is 30.4 Å². The first-order valence-corrected chi connectivity index (χ1v) is 7.04. The van der Waals surface area contributed by atoms with Crippen molar-refractivity contribution < 1.29 is 0 Å². The smallest absolute Gasteiger partial charge is 0.0582 e. The Hall–Kier alpha value is -1.26. The lowest BCUT2D eigenvalue weighted by Crippen LogP contribution is -2.40. The molecule has 0 radical (unpaired) electrons. The van der Waals surface area contributed by atoms with E-state index in [-0.39, 0.29) is 0 Å². The van der Waals surface area contributed by atoms with Crippen LogP contribution in [-0.2, 0) is 0 Å². The molecule has 0 spiro atoms. The molecule has 18 heavy (non-hydrogen) atoms. The molecule has 1 fully saturated rings. The number of nitrogens with one attached hydrogen (secondary N) is 1. The minimum atomic E-state index is 0.652. The molecular weight excluding hydrogens is 218 g/mol. The van der Waals surface area contributed by atoms with Gasteiger partial charge in [0.05, 0.1) is 6.54 Å². The molecule has 0 amide bonds. The number of hydrogen-bond donors (Lipinski definition) is 1. The summed E-state index contributed by atoms with van der Waals surface area (Å²) in [5, 5.41) is 3.60. The van der Waals surface area contributed by atoms with Crippen molar-refractivity contribution in [2.24, 2.45) is 11.8 Å². The van der Waals surface area contributed by atoms with Gasteiger partial charge in [-0.25, -0.2) is 0 Å². The summed E-state index contributed by atoms with van der Waals surface area (Å²) in [7, 11) is 0. The number of benzene rings is 1. The highest BCUT2D eigenvalue weighted by Gasteiger charge is 2.25. The molecule has 0 heterocycles. The summed E-state index contributed by atoms with van der Waals surface area (Å²) in [6.07, 6.45) is 4.04. The third-order valence-corrected chi connectivity index (χ3v) is 4.17. The third-order valence-electron chi connectivity index (χ3n) is 4.17. The molecule has 1 N–H and O–H groups in total. The molecule has 1 nitrogen and oxygen atoms in total. The van der Waals surface area contributed by atoms with Crippen LogP contribution in [0, 0.1) is 23.7 Å². The van der Waals surface area contributed by atoms with Crippen LogP contribution in [0.3, 0.4) is 0 Å². The van der Waals surface area contributed by atoms with Crippen LogP contribution < -0.4 is 5.32 Å². The van der Waals surface area contributed by atoms with Gasteiger partial charge in [-0.15, -0.1) is 0 Å². The standard InChI is InChI=1S/C17H23N/c1-14-8-6-12-17(15(14)2)18-13-7-11-16-9-4-3-5-10-16/h3-5,9-10,14-15,17-18H,6,8,12-13H2,1-2H3. The van der Waals surface area contributed by atoms with Gasteiger partial charge in [-0.3, -0.25) is 0 Å². The third kappa shape index (κ3) is 3.62. The number of rotatable bonds is 2. The summed E-state index contributed by atoms with van der Waals surface area (Å²) >= 11 is 0. The monoisotopic (exact) mass is 241 g/mol. The zero-order chi connectivity index (χ0) is 12.8. The highest BCUT2D eigenvalue weighted by Crippen LogP contribution is 2.29. The van der Waals surface area contributed by atoms with Gasteiger partial charge in [-0.2, -0.15) is 0 Å². The highest BCUT2D eigenvalue weighted by atomic mass is 14.9. The lowest BCUT2D eigenvalue weighted by molar-refractivity contribution is 0.212. The van der Waals surface area contributed by atoms with Crippen molar-refractivity contribution in [2.45, 2.75) is 39.2 Å². The SMILES string of the molecule is CC1CCCC(NCC#Cc2ccccc2)C1C. The summed E-state index contributed by atoms with van der Waals surface area (Å²) in [5.74, 6) is 8.04. The lowest BCUT2D eigenvalue weighted by Gasteiger charge is -2.34. The van der Waals surface area contributed by atoms with Crippen molar-refractivity contribution in [1.82, 2.24) is 5.32 Å². The van der Waals surface area contributed by atoms with Crippen LogP contribution in [0.5, 0.6) is 0 Å².